The van der Waals surface area contributed by atoms with Crippen LogP contribution in [0.1, 0.15) is 29.3 Å². The molecule has 0 aliphatic heterocycles. The molecule has 0 atom stereocenters. The average molecular weight is 403 g/mol. The van der Waals surface area contributed by atoms with Gasteiger partial charge < -0.3 is 10.1 Å². The summed E-state index contributed by atoms with van der Waals surface area (Å²) in [6.07, 6.45) is -4.04. The van der Waals surface area contributed by atoms with Crippen LogP contribution in [-0.2, 0) is 6.18 Å². The highest BCUT2D eigenvalue weighted by Gasteiger charge is 2.32. The summed E-state index contributed by atoms with van der Waals surface area (Å²) in [5.41, 5.74) is -2.15. The van der Waals surface area contributed by atoms with Crippen LogP contribution in [0.5, 0.6) is 5.75 Å². The summed E-state index contributed by atoms with van der Waals surface area (Å²) >= 11 is 5.70. The Bertz CT molecular complexity index is 872. The minimum atomic E-state index is -4.63. The molecule has 0 fully saturated rings. The van der Waals surface area contributed by atoms with Crippen molar-refractivity contribution in [1.29, 1.82) is 0 Å². The molecule has 0 saturated heterocycles. The number of ether oxygens (including phenoxy) is 1. The number of nitrogens with zero attached hydrogens (tertiary/aromatic N) is 1. The number of rotatable bonds is 6. The second kappa shape index (κ2) is 8.26. The minimum Gasteiger partial charge on any atom is -0.491 e. The number of nitrogens with one attached hydrogen (secondary N) is 1. The van der Waals surface area contributed by atoms with Crippen molar-refractivity contribution in [2.24, 2.45) is 0 Å². The molecular formula is C17H14ClF3N2O4. The summed E-state index contributed by atoms with van der Waals surface area (Å²) in [6, 6.07) is 6.00. The van der Waals surface area contributed by atoms with E-state index in [0.29, 0.717) is 12.5 Å². The zero-order chi connectivity index (χ0) is 20.2. The second-order valence-electron chi connectivity index (χ2n) is 5.43. The first-order chi connectivity index (χ1) is 12.6. The van der Waals surface area contributed by atoms with Crippen LogP contribution in [0.25, 0.3) is 0 Å². The lowest BCUT2D eigenvalue weighted by atomic mass is 10.1. The third kappa shape index (κ3) is 5.10. The van der Waals surface area contributed by atoms with Crippen molar-refractivity contribution in [2.75, 3.05) is 11.9 Å². The summed E-state index contributed by atoms with van der Waals surface area (Å²) in [5.74, 6) is -0.936. The van der Waals surface area contributed by atoms with Gasteiger partial charge in [0.1, 0.15) is 11.3 Å². The van der Waals surface area contributed by atoms with E-state index in [4.69, 9.17) is 16.3 Å². The van der Waals surface area contributed by atoms with Gasteiger partial charge in [-0.15, -0.1) is 0 Å². The Balaban J connectivity index is 2.42. The van der Waals surface area contributed by atoms with E-state index in [1.165, 1.54) is 6.07 Å². The maximum atomic E-state index is 13.0. The maximum Gasteiger partial charge on any atom is 0.416 e. The lowest BCUT2D eigenvalue weighted by Crippen LogP contribution is -2.16. The molecule has 6 nitrogen and oxygen atoms in total. The van der Waals surface area contributed by atoms with E-state index in [-0.39, 0.29) is 28.6 Å². The predicted octanol–water partition coefficient (Wildman–Crippen LogP) is 5.31. The quantitative estimate of drug-likeness (QED) is 0.524. The van der Waals surface area contributed by atoms with Crippen LogP contribution >= 0.6 is 11.6 Å². The number of alkyl halides is 3. The van der Waals surface area contributed by atoms with Crippen molar-refractivity contribution in [2.45, 2.75) is 19.5 Å². The van der Waals surface area contributed by atoms with E-state index in [0.717, 1.165) is 24.3 Å². The molecule has 2 rings (SSSR count). The van der Waals surface area contributed by atoms with Gasteiger partial charge in [-0.2, -0.15) is 13.2 Å². The Kier molecular flexibility index (Phi) is 6.27. The number of benzene rings is 2. The lowest BCUT2D eigenvalue weighted by molar-refractivity contribution is -0.385. The molecule has 0 unspecified atom stereocenters. The molecule has 0 aliphatic rings. The second-order valence-corrected chi connectivity index (χ2v) is 5.87. The van der Waals surface area contributed by atoms with Gasteiger partial charge >= 0.3 is 6.18 Å². The molecule has 0 bridgehead atoms. The Morgan fingerprint density at radius 1 is 1.26 bits per heavy atom. The fourth-order valence-corrected chi connectivity index (χ4v) is 2.35. The number of amides is 1. The largest absolute Gasteiger partial charge is 0.491 e. The smallest absolute Gasteiger partial charge is 0.416 e. The van der Waals surface area contributed by atoms with E-state index >= 15 is 0 Å². The molecule has 1 N–H and O–H groups in total. The molecule has 27 heavy (non-hydrogen) atoms. The van der Waals surface area contributed by atoms with Crippen molar-refractivity contribution in [3.05, 3.63) is 62.7 Å². The van der Waals surface area contributed by atoms with E-state index in [2.05, 4.69) is 5.32 Å². The normalized spacial score (nSPS) is 11.1. The molecule has 1 amide bonds. The highest BCUT2D eigenvalue weighted by atomic mass is 35.5. The van der Waals surface area contributed by atoms with Gasteiger partial charge in [-0.1, -0.05) is 18.5 Å². The number of carbonyl (C=O) groups excluding carboxylic acids is 1. The Labute approximate surface area is 157 Å². The monoisotopic (exact) mass is 402 g/mol. The van der Waals surface area contributed by atoms with Crippen LogP contribution in [0.15, 0.2) is 36.4 Å². The number of halogens is 4. The fraction of sp³-hybridized carbons (Fsp3) is 0.235. The van der Waals surface area contributed by atoms with Crippen molar-refractivity contribution < 1.29 is 27.6 Å². The third-order valence-corrected chi connectivity index (χ3v) is 3.65. The van der Waals surface area contributed by atoms with Crippen LogP contribution in [0, 0.1) is 10.1 Å². The molecule has 2 aromatic rings. The molecule has 0 aromatic heterocycles. The Morgan fingerprint density at radius 2 is 1.96 bits per heavy atom. The molecule has 10 heteroatoms. The fourth-order valence-electron chi connectivity index (χ4n) is 2.18. The first kappa shape index (κ1) is 20.5. The van der Waals surface area contributed by atoms with Gasteiger partial charge in [-0.3, -0.25) is 14.9 Å². The SMILES string of the molecule is CCCOc1ccc(C(F)(F)F)cc1NC(=O)c1ccc(Cl)cc1[N+](=O)[O-]. The van der Waals surface area contributed by atoms with Crippen molar-refractivity contribution in [1.82, 2.24) is 0 Å². The molecule has 0 radical (unpaired) electrons. The zero-order valence-electron chi connectivity index (χ0n) is 14.0. The van der Waals surface area contributed by atoms with Gasteiger partial charge in [0.05, 0.1) is 22.8 Å². The number of nitro benzene ring substituents is 1. The van der Waals surface area contributed by atoms with Gasteiger partial charge in [0.25, 0.3) is 11.6 Å². The topological polar surface area (TPSA) is 81.5 Å². The predicted molar refractivity (Wildman–Crippen MR) is 93.3 cm³/mol. The van der Waals surface area contributed by atoms with Crippen molar-refractivity contribution >= 4 is 28.9 Å². The number of hydrogen-bond donors (Lipinski definition) is 1. The molecule has 0 saturated carbocycles. The Morgan fingerprint density at radius 3 is 2.56 bits per heavy atom. The summed E-state index contributed by atoms with van der Waals surface area (Å²) in [7, 11) is 0. The van der Waals surface area contributed by atoms with Crippen molar-refractivity contribution in [3.63, 3.8) is 0 Å². The van der Waals surface area contributed by atoms with Crippen LogP contribution in [-0.4, -0.2) is 17.4 Å². The molecule has 0 aliphatic carbocycles. The minimum absolute atomic E-state index is 0.0230. The van der Waals surface area contributed by atoms with Crippen LogP contribution in [0.3, 0.4) is 0 Å². The van der Waals surface area contributed by atoms with E-state index in [9.17, 15) is 28.1 Å². The van der Waals surface area contributed by atoms with Gasteiger partial charge in [-0.25, -0.2) is 0 Å². The first-order valence-corrected chi connectivity index (χ1v) is 8.10. The molecule has 0 heterocycles. The van der Waals surface area contributed by atoms with Crippen molar-refractivity contribution in [3.8, 4) is 5.75 Å². The summed E-state index contributed by atoms with van der Waals surface area (Å²) in [5, 5.41) is 13.4. The van der Waals surface area contributed by atoms with E-state index in [1.807, 2.05) is 0 Å². The number of carbonyl (C=O) groups is 1. The van der Waals surface area contributed by atoms with Crippen LogP contribution in [0.4, 0.5) is 24.5 Å². The van der Waals surface area contributed by atoms with Gasteiger partial charge in [0, 0.05) is 11.1 Å². The van der Waals surface area contributed by atoms with Crippen LogP contribution < -0.4 is 10.1 Å². The molecular weight excluding hydrogens is 389 g/mol. The number of hydrogen-bond acceptors (Lipinski definition) is 4. The highest BCUT2D eigenvalue weighted by Crippen LogP contribution is 2.35. The first-order valence-electron chi connectivity index (χ1n) is 7.72. The summed E-state index contributed by atoms with van der Waals surface area (Å²) in [4.78, 5) is 22.8. The zero-order valence-corrected chi connectivity index (χ0v) is 14.7. The van der Waals surface area contributed by atoms with Crippen LogP contribution in [0.2, 0.25) is 5.02 Å². The maximum absolute atomic E-state index is 13.0. The summed E-state index contributed by atoms with van der Waals surface area (Å²) in [6.45, 7) is 2.02. The average Bonchev–Trinajstić information content (AvgIpc) is 2.59. The van der Waals surface area contributed by atoms with Gasteiger partial charge in [-0.05, 0) is 36.8 Å². The number of nitro groups is 1. The molecule has 0 spiro atoms. The van der Waals surface area contributed by atoms with Gasteiger partial charge in [0.15, 0.2) is 0 Å². The lowest BCUT2D eigenvalue weighted by Gasteiger charge is -2.15. The third-order valence-electron chi connectivity index (χ3n) is 3.42. The number of anilines is 1. The summed E-state index contributed by atoms with van der Waals surface area (Å²) < 4.78 is 44.3. The van der Waals surface area contributed by atoms with Gasteiger partial charge in [0.2, 0.25) is 0 Å². The standard InChI is InChI=1S/C17H14ClF3N2O4/c1-2-7-27-15-6-3-10(17(19,20)21)8-13(15)22-16(24)12-5-4-11(18)9-14(12)23(25)26/h3-6,8-9H,2,7H2,1H3,(H,22,24). The molecule has 144 valence electrons. The highest BCUT2D eigenvalue weighted by molar-refractivity contribution is 6.31. The van der Waals surface area contributed by atoms with E-state index in [1.54, 1.807) is 6.92 Å². The molecule has 2 aromatic carbocycles. The Hall–Kier alpha value is -2.81. The van der Waals surface area contributed by atoms with E-state index < -0.39 is 28.3 Å².